The van der Waals surface area contributed by atoms with E-state index in [1.165, 1.54) is 12.2 Å². The van der Waals surface area contributed by atoms with Gasteiger partial charge in [0.2, 0.25) is 0 Å². The first-order valence-corrected chi connectivity index (χ1v) is 5.57. The van der Waals surface area contributed by atoms with Gasteiger partial charge in [0.1, 0.15) is 0 Å². The lowest BCUT2D eigenvalue weighted by Crippen LogP contribution is -2.35. The van der Waals surface area contributed by atoms with Crippen LogP contribution in [0.4, 0.5) is 0 Å². The summed E-state index contributed by atoms with van der Waals surface area (Å²) in [6, 6.07) is 0. The molecule has 3 nitrogen and oxygen atoms in total. The number of aliphatic hydroxyl groups excluding tert-OH is 2. The Morgan fingerprint density at radius 3 is 2.92 bits per heavy atom. The van der Waals surface area contributed by atoms with E-state index in [2.05, 4.69) is 4.90 Å². The van der Waals surface area contributed by atoms with Crippen molar-refractivity contribution in [3.8, 4) is 0 Å². The average molecular weight is 191 g/mol. The largest absolute Gasteiger partial charge is 0.394 e. The zero-order valence-corrected chi connectivity index (χ0v) is 8.09. The third-order valence-electron chi connectivity index (χ3n) is 1.99. The first-order chi connectivity index (χ1) is 5.83. The van der Waals surface area contributed by atoms with Crippen molar-refractivity contribution < 1.29 is 10.2 Å². The summed E-state index contributed by atoms with van der Waals surface area (Å²) >= 11 is 1.97. The highest BCUT2D eigenvalue weighted by Crippen LogP contribution is 2.09. The second-order valence-electron chi connectivity index (χ2n) is 3.10. The highest BCUT2D eigenvalue weighted by molar-refractivity contribution is 7.99. The van der Waals surface area contributed by atoms with Gasteiger partial charge in [-0.3, -0.25) is 4.90 Å². The topological polar surface area (TPSA) is 43.7 Å². The third kappa shape index (κ3) is 3.76. The van der Waals surface area contributed by atoms with Crippen molar-refractivity contribution in [3.63, 3.8) is 0 Å². The van der Waals surface area contributed by atoms with Crippen LogP contribution in [-0.4, -0.2) is 59.0 Å². The van der Waals surface area contributed by atoms with Crippen LogP contribution in [0.5, 0.6) is 0 Å². The SMILES string of the molecule is OCC(O)CN1CCCSCC1. The Hall–Kier alpha value is 0.230. The lowest BCUT2D eigenvalue weighted by atomic mass is 10.3. The Morgan fingerprint density at radius 2 is 2.17 bits per heavy atom. The van der Waals surface area contributed by atoms with Crippen LogP contribution in [0.2, 0.25) is 0 Å². The molecule has 1 heterocycles. The van der Waals surface area contributed by atoms with Crippen molar-refractivity contribution in [3.05, 3.63) is 0 Å². The van der Waals surface area contributed by atoms with Gasteiger partial charge in [-0.05, 0) is 18.7 Å². The van der Waals surface area contributed by atoms with Crippen molar-refractivity contribution in [2.75, 3.05) is 37.7 Å². The minimum Gasteiger partial charge on any atom is -0.394 e. The lowest BCUT2D eigenvalue weighted by molar-refractivity contribution is 0.0615. The van der Waals surface area contributed by atoms with Gasteiger partial charge in [-0.1, -0.05) is 0 Å². The number of hydrogen-bond acceptors (Lipinski definition) is 4. The van der Waals surface area contributed by atoms with Crippen LogP contribution in [0, 0.1) is 0 Å². The maximum absolute atomic E-state index is 9.20. The molecular weight excluding hydrogens is 174 g/mol. The molecule has 0 aromatic rings. The van der Waals surface area contributed by atoms with E-state index in [4.69, 9.17) is 5.11 Å². The van der Waals surface area contributed by atoms with Gasteiger partial charge in [-0.25, -0.2) is 0 Å². The van der Waals surface area contributed by atoms with Gasteiger partial charge in [0.15, 0.2) is 0 Å². The van der Waals surface area contributed by atoms with Crippen molar-refractivity contribution in [2.45, 2.75) is 12.5 Å². The van der Waals surface area contributed by atoms with Crippen LogP contribution in [0.25, 0.3) is 0 Å². The van der Waals surface area contributed by atoms with Crippen LogP contribution >= 0.6 is 11.8 Å². The molecule has 72 valence electrons. The number of rotatable bonds is 3. The van der Waals surface area contributed by atoms with Crippen molar-refractivity contribution in [1.82, 2.24) is 4.90 Å². The van der Waals surface area contributed by atoms with Crippen LogP contribution in [-0.2, 0) is 0 Å². The smallest absolute Gasteiger partial charge is 0.0897 e. The summed E-state index contributed by atoms with van der Waals surface area (Å²) in [6.07, 6.45) is 0.635. The standard InChI is InChI=1S/C8H17NO2S/c10-7-8(11)6-9-2-1-4-12-5-3-9/h8,10-11H,1-7H2. The molecule has 0 spiro atoms. The average Bonchev–Trinajstić information content (AvgIpc) is 2.33. The zero-order chi connectivity index (χ0) is 8.81. The zero-order valence-electron chi connectivity index (χ0n) is 7.28. The van der Waals surface area contributed by atoms with Gasteiger partial charge >= 0.3 is 0 Å². The molecule has 12 heavy (non-hydrogen) atoms. The molecule has 1 unspecified atom stereocenters. The Labute approximate surface area is 77.8 Å². The Bertz CT molecular complexity index is 116. The van der Waals surface area contributed by atoms with Crippen molar-refractivity contribution >= 4 is 11.8 Å². The van der Waals surface area contributed by atoms with Crippen molar-refractivity contribution in [2.24, 2.45) is 0 Å². The molecule has 0 aromatic heterocycles. The van der Waals surface area contributed by atoms with Crippen LogP contribution < -0.4 is 0 Å². The summed E-state index contributed by atoms with van der Waals surface area (Å²) in [5, 5.41) is 17.9. The van der Waals surface area contributed by atoms with E-state index in [0.717, 1.165) is 18.8 Å². The number of nitrogens with zero attached hydrogens (tertiary/aromatic N) is 1. The molecule has 4 heteroatoms. The summed E-state index contributed by atoms with van der Waals surface area (Å²) in [7, 11) is 0. The molecule has 0 radical (unpaired) electrons. The number of aliphatic hydroxyl groups is 2. The first kappa shape index (κ1) is 10.3. The molecule has 1 saturated heterocycles. The fourth-order valence-corrected chi connectivity index (χ4v) is 2.26. The first-order valence-electron chi connectivity index (χ1n) is 4.42. The fourth-order valence-electron chi connectivity index (χ4n) is 1.34. The van der Waals surface area contributed by atoms with E-state index < -0.39 is 6.10 Å². The summed E-state index contributed by atoms with van der Waals surface area (Å²) in [5.74, 6) is 2.38. The molecule has 1 atom stereocenters. The van der Waals surface area contributed by atoms with Crippen molar-refractivity contribution in [1.29, 1.82) is 0 Å². The van der Waals surface area contributed by atoms with Gasteiger partial charge < -0.3 is 10.2 Å². The van der Waals surface area contributed by atoms with E-state index in [1.54, 1.807) is 0 Å². The van der Waals surface area contributed by atoms with Gasteiger partial charge in [0.25, 0.3) is 0 Å². The van der Waals surface area contributed by atoms with E-state index >= 15 is 0 Å². The predicted molar refractivity (Wildman–Crippen MR) is 51.5 cm³/mol. The minimum atomic E-state index is -0.562. The maximum atomic E-state index is 9.20. The number of thioether (sulfide) groups is 1. The molecule has 0 amide bonds. The summed E-state index contributed by atoms with van der Waals surface area (Å²) in [6.45, 7) is 2.60. The van der Waals surface area contributed by atoms with Crippen LogP contribution in [0.15, 0.2) is 0 Å². The normalized spacial score (nSPS) is 23.5. The van der Waals surface area contributed by atoms with E-state index in [1.807, 2.05) is 11.8 Å². The molecule has 1 fully saturated rings. The van der Waals surface area contributed by atoms with Crippen LogP contribution in [0.3, 0.4) is 0 Å². The predicted octanol–water partition coefficient (Wildman–Crippen LogP) is -0.222. The fraction of sp³-hybridized carbons (Fsp3) is 1.00. The van der Waals surface area contributed by atoms with Gasteiger partial charge in [-0.2, -0.15) is 11.8 Å². The van der Waals surface area contributed by atoms with Gasteiger partial charge in [0.05, 0.1) is 12.7 Å². The Balaban J connectivity index is 2.20. The Morgan fingerprint density at radius 1 is 1.33 bits per heavy atom. The maximum Gasteiger partial charge on any atom is 0.0897 e. The van der Waals surface area contributed by atoms with Crippen LogP contribution in [0.1, 0.15) is 6.42 Å². The highest BCUT2D eigenvalue weighted by atomic mass is 32.2. The molecule has 1 rings (SSSR count). The monoisotopic (exact) mass is 191 g/mol. The summed E-state index contributed by atoms with van der Waals surface area (Å²) < 4.78 is 0. The van der Waals surface area contributed by atoms with Gasteiger partial charge in [-0.15, -0.1) is 0 Å². The summed E-state index contributed by atoms with van der Waals surface area (Å²) in [4.78, 5) is 2.22. The molecule has 2 N–H and O–H groups in total. The van der Waals surface area contributed by atoms with Gasteiger partial charge in [0, 0.05) is 18.8 Å². The third-order valence-corrected chi connectivity index (χ3v) is 3.04. The lowest BCUT2D eigenvalue weighted by Gasteiger charge is -2.21. The molecule has 0 aromatic carbocycles. The second kappa shape index (κ2) is 5.80. The quantitative estimate of drug-likeness (QED) is 0.647. The van der Waals surface area contributed by atoms with E-state index in [0.29, 0.717) is 6.54 Å². The number of β-amino-alcohol motifs (C(OH)–C–C–N with tert-alkyl or cyclic N) is 1. The van der Waals surface area contributed by atoms with E-state index in [9.17, 15) is 5.11 Å². The second-order valence-corrected chi connectivity index (χ2v) is 4.33. The van der Waals surface area contributed by atoms with E-state index in [-0.39, 0.29) is 6.61 Å². The minimum absolute atomic E-state index is 0.121. The summed E-state index contributed by atoms with van der Waals surface area (Å²) in [5.41, 5.74) is 0. The Kier molecular flexibility index (Phi) is 4.99. The molecule has 0 saturated carbocycles. The highest BCUT2D eigenvalue weighted by Gasteiger charge is 2.12. The molecule has 1 aliphatic rings. The molecule has 0 aliphatic carbocycles. The molecular formula is C8H17NO2S. The molecule has 1 aliphatic heterocycles. The number of hydrogen-bond donors (Lipinski definition) is 2. The molecule has 0 bridgehead atoms.